The van der Waals surface area contributed by atoms with Crippen LogP contribution in [0, 0.1) is 18.3 Å². The van der Waals surface area contributed by atoms with Crippen molar-refractivity contribution in [1.82, 2.24) is 5.43 Å². The van der Waals surface area contributed by atoms with E-state index in [0.29, 0.717) is 10.7 Å². The first kappa shape index (κ1) is 10.4. The normalized spacial score (nSPS) is 8.93. The second-order valence-corrected chi connectivity index (χ2v) is 3.21. The van der Waals surface area contributed by atoms with E-state index in [1.807, 2.05) is 13.0 Å². The van der Waals surface area contributed by atoms with Crippen molar-refractivity contribution in [3.05, 3.63) is 29.3 Å². The topological polar surface area (TPSA) is 73.9 Å². The fourth-order valence-electron chi connectivity index (χ4n) is 1.09. The van der Waals surface area contributed by atoms with Gasteiger partial charge in [-0.15, -0.1) is 0 Å². The number of benzene rings is 1. The quantitative estimate of drug-likeness (QED) is 0.363. The minimum absolute atomic E-state index is 0.319. The van der Waals surface area contributed by atoms with Gasteiger partial charge in [0.1, 0.15) is 0 Å². The van der Waals surface area contributed by atoms with Gasteiger partial charge in [-0.25, -0.2) is 5.84 Å². The number of nitriles is 1. The summed E-state index contributed by atoms with van der Waals surface area (Å²) in [5.41, 5.74) is 4.64. The molecule has 1 aromatic rings. The van der Waals surface area contributed by atoms with Crippen molar-refractivity contribution in [2.75, 3.05) is 5.32 Å². The number of anilines is 1. The molecule has 0 radical (unpaired) electrons. The molecule has 4 N–H and O–H groups in total. The summed E-state index contributed by atoms with van der Waals surface area (Å²) in [7, 11) is 0. The van der Waals surface area contributed by atoms with Crippen molar-refractivity contribution in [3.63, 3.8) is 0 Å². The molecule has 0 aliphatic carbocycles. The number of aryl methyl sites for hydroxylation is 1. The summed E-state index contributed by atoms with van der Waals surface area (Å²) < 4.78 is 0. The van der Waals surface area contributed by atoms with E-state index in [4.69, 9.17) is 23.3 Å². The number of nitrogens with two attached hydrogens (primary N) is 1. The molecule has 14 heavy (non-hydrogen) atoms. The Morgan fingerprint density at radius 3 is 2.79 bits per heavy atom. The molecule has 0 heterocycles. The van der Waals surface area contributed by atoms with Crippen LogP contribution in [0.1, 0.15) is 11.1 Å². The smallest absolute Gasteiger partial charge is 0.185 e. The van der Waals surface area contributed by atoms with E-state index in [1.54, 1.807) is 12.1 Å². The second kappa shape index (κ2) is 4.56. The zero-order valence-electron chi connectivity index (χ0n) is 7.66. The van der Waals surface area contributed by atoms with Gasteiger partial charge < -0.3 is 10.7 Å². The van der Waals surface area contributed by atoms with Crippen LogP contribution in [0.15, 0.2) is 18.2 Å². The highest BCUT2D eigenvalue weighted by atomic mass is 32.1. The first-order valence-electron chi connectivity index (χ1n) is 3.95. The molecule has 0 saturated carbocycles. The molecule has 0 aromatic heterocycles. The van der Waals surface area contributed by atoms with Gasteiger partial charge in [-0.3, -0.25) is 0 Å². The summed E-state index contributed by atoms with van der Waals surface area (Å²) in [6.45, 7) is 1.91. The third-order valence-corrected chi connectivity index (χ3v) is 1.82. The molecule has 0 fully saturated rings. The lowest BCUT2D eigenvalue weighted by Gasteiger charge is -2.07. The van der Waals surface area contributed by atoms with Crippen LogP contribution in [0.5, 0.6) is 0 Å². The Labute approximate surface area is 87.7 Å². The van der Waals surface area contributed by atoms with Crippen LogP contribution in [-0.4, -0.2) is 5.11 Å². The first-order chi connectivity index (χ1) is 6.65. The first-order valence-corrected chi connectivity index (χ1v) is 4.36. The number of hydrogen-bond acceptors (Lipinski definition) is 3. The van der Waals surface area contributed by atoms with Crippen LogP contribution in [0.3, 0.4) is 0 Å². The molecule has 4 nitrogen and oxygen atoms in total. The molecule has 0 bridgehead atoms. The Morgan fingerprint density at radius 2 is 2.21 bits per heavy atom. The number of nitrogens with zero attached hydrogens (tertiary/aromatic N) is 1. The molecule has 5 heteroatoms. The van der Waals surface area contributed by atoms with Gasteiger partial charge in [-0.05, 0) is 42.9 Å². The van der Waals surface area contributed by atoms with E-state index in [0.717, 1.165) is 11.3 Å². The van der Waals surface area contributed by atoms with Crippen molar-refractivity contribution in [2.45, 2.75) is 6.92 Å². The number of rotatable bonds is 1. The molecule has 0 aliphatic heterocycles. The molecular formula is C9H10N4S. The number of thiocarbonyl (C=S) groups is 1. The van der Waals surface area contributed by atoms with Crippen LogP contribution in [-0.2, 0) is 0 Å². The summed E-state index contributed by atoms with van der Waals surface area (Å²) >= 11 is 4.83. The second-order valence-electron chi connectivity index (χ2n) is 2.80. The fraction of sp³-hybridized carbons (Fsp3) is 0.111. The standard InChI is InChI=1S/C9H10N4S/c1-6-2-7(5-10)4-8(3-6)12-9(14)13-11/h2-4H,11H2,1H3,(H2,12,13,14). The summed E-state index contributed by atoms with van der Waals surface area (Å²) in [6, 6.07) is 7.44. The largest absolute Gasteiger partial charge is 0.332 e. The molecule has 0 unspecified atom stereocenters. The zero-order chi connectivity index (χ0) is 10.6. The molecule has 0 aliphatic rings. The Morgan fingerprint density at radius 1 is 1.50 bits per heavy atom. The van der Waals surface area contributed by atoms with Crippen LogP contribution in [0.25, 0.3) is 0 Å². The Kier molecular flexibility index (Phi) is 3.40. The highest BCUT2D eigenvalue weighted by molar-refractivity contribution is 7.80. The third-order valence-electron chi connectivity index (χ3n) is 1.60. The predicted molar refractivity (Wildman–Crippen MR) is 59.4 cm³/mol. The van der Waals surface area contributed by atoms with Crippen molar-refractivity contribution in [3.8, 4) is 6.07 Å². The number of hydrogen-bond donors (Lipinski definition) is 3. The molecule has 1 rings (SSSR count). The van der Waals surface area contributed by atoms with Gasteiger partial charge in [-0.1, -0.05) is 0 Å². The van der Waals surface area contributed by atoms with Gasteiger partial charge in [-0.2, -0.15) is 5.26 Å². The van der Waals surface area contributed by atoms with Crippen molar-refractivity contribution >= 4 is 23.0 Å². The van der Waals surface area contributed by atoms with Crippen LogP contribution >= 0.6 is 12.2 Å². The van der Waals surface area contributed by atoms with E-state index < -0.39 is 0 Å². The highest BCUT2D eigenvalue weighted by Crippen LogP contribution is 2.13. The van der Waals surface area contributed by atoms with E-state index in [2.05, 4.69) is 16.8 Å². The van der Waals surface area contributed by atoms with Gasteiger partial charge in [0.2, 0.25) is 0 Å². The summed E-state index contributed by atoms with van der Waals surface area (Å²) in [4.78, 5) is 0. The maximum Gasteiger partial charge on any atom is 0.185 e. The maximum atomic E-state index is 8.73. The van der Waals surface area contributed by atoms with E-state index in [9.17, 15) is 0 Å². The molecule has 0 atom stereocenters. The SMILES string of the molecule is Cc1cc(C#N)cc(NC(=S)NN)c1. The molecule has 72 valence electrons. The van der Waals surface area contributed by atoms with Crippen LogP contribution in [0.4, 0.5) is 5.69 Å². The lowest BCUT2D eigenvalue weighted by Crippen LogP contribution is -2.34. The van der Waals surface area contributed by atoms with Gasteiger partial charge in [0.25, 0.3) is 0 Å². The van der Waals surface area contributed by atoms with E-state index >= 15 is 0 Å². The third kappa shape index (κ3) is 2.69. The molecule has 0 spiro atoms. The zero-order valence-corrected chi connectivity index (χ0v) is 8.48. The minimum Gasteiger partial charge on any atom is -0.332 e. The van der Waals surface area contributed by atoms with Crippen LogP contribution in [0.2, 0.25) is 0 Å². The average Bonchev–Trinajstić information content (AvgIpc) is 2.16. The fourth-order valence-corrected chi connectivity index (χ4v) is 1.20. The number of nitrogens with one attached hydrogen (secondary N) is 2. The highest BCUT2D eigenvalue weighted by Gasteiger charge is 1.99. The average molecular weight is 206 g/mol. The molecule has 1 aromatic carbocycles. The predicted octanol–water partition coefficient (Wildman–Crippen LogP) is 1.03. The molecule has 0 saturated heterocycles. The van der Waals surface area contributed by atoms with Crippen molar-refractivity contribution in [1.29, 1.82) is 5.26 Å². The van der Waals surface area contributed by atoms with Gasteiger partial charge in [0, 0.05) is 5.69 Å². The summed E-state index contributed by atoms with van der Waals surface area (Å²) in [6.07, 6.45) is 0. The monoisotopic (exact) mass is 206 g/mol. The van der Waals surface area contributed by atoms with Gasteiger partial charge >= 0.3 is 0 Å². The van der Waals surface area contributed by atoms with E-state index in [1.165, 1.54) is 0 Å². The van der Waals surface area contributed by atoms with E-state index in [-0.39, 0.29) is 0 Å². The number of hydrazine groups is 1. The summed E-state index contributed by atoms with van der Waals surface area (Å²) in [5, 5.41) is 11.9. The molecule has 0 amide bonds. The Hall–Kier alpha value is -1.64. The van der Waals surface area contributed by atoms with Crippen molar-refractivity contribution < 1.29 is 0 Å². The van der Waals surface area contributed by atoms with Crippen molar-refractivity contribution in [2.24, 2.45) is 5.84 Å². The van der Waals surface area contributed by atoms with Gasteiger partial charge in [0.05, 0.1) is 11.6 Å². The van der Waals surface area contributed by atoms with Crippen LogP contribution < -0.4 is 16.6 Å². The lowest BCUT2D eigenvalue weighted by atomic mass is 10.1. The summed E-state index contributed by atoms with van der Waals surface area (Å²) in [5.74, 6) is 5.11. The molecular weight excluding hydrogens is 196 g/mol. The Bertz CT molecular complexity index is 394. The minimum atomic E-state index is 0.319. The van der Waals surface area contributed by atoms with Gasteiger partial charge in [0.15, 0.2) is 5.11 Å². The Balaban J connectivity index is 2.93. The maximum absolute atomic E-state index is 8.73. The lowest BCUT2D eigenvalue weighted by molar-refractivity contribution is 1.04.